The van der Waals surface area contributed by atoms with E-state index in [4.69, 9.17) is 5.73 Å². The van der Waals surface area contributed by atoms with Crippen LogP contribution in [0, 0.1) is 0 Å². The van der Waals surface area contributed by atoms with Crippen LogP contribution in [0.1, 0.15) is 25.8 Å². The maximum absolute atomic E-state index is 5.67. The molecule has 0 aliphatic carbocycles. The van der Waals surface area contributed by atoms with Gasteiger partial charge in [-0.15, -0.1) is 0 Å². The zero-order chi connectivity index (χ0) is 12.1. The Balaban J connectivity index is 2.34. The topological polar surface area (TPSA) is 43.8 Å². The van der Waals surface area contributed by atoms with Gasteiger partial charge >= 0.3 is 0 Å². The van der Waals surface area contributed by atoms with Crippen molar-refractivity contribution in [1.82, 2.24) is 9.55 Å². The highest BCUT2D eigenvalue weighted by molar-refractivity contribution is 5.55. The second-order valence-electron chi connectivity index (χ2n) is 4.16. The molecule has 0 bridgehead atoms. The standard InChI is InChI=1S/C14H19N3/c1-2-13(8-9-15)17-11-10-16-14(17)12-6-4-3-5-7-12/h3-7,10-11,13H,2,8-9,15H2,1H3. The van der Waals surface area contributed by atoms with Gasteiger partial charge in [-0.25, -0.2) is 4.98 Å². The highest BCUT2D eigenvalue weighted by Crippen LogP contribution is 2.24. The van der Waals surface area contributed by atoms with E-state index in [0.29, 0.717) is 12.6 Å². The molecule has 90 valence electrons. The lowest BCUT2D eigenvalue weighted by molar-refractivity contribution is 0.462. The van der Waals surface area contributed by atoms with E-state index in [1.807, 2.05) is 30.6 Å². The summed E-state index contributed by atoms with van der Waals surface area (Å²) in [6, 6.07) is 10.7. The lowest BCUT2D eigenvalue weighted by atomic mass is 10.1. The van der Waals surface area contributed by atoms with Gasteiger partial charge in [0.15, 0.2) is 0 Å². The molecule has 0 aliphatic rings. The van der Waals surface area contributed by atoms with Gasteiger partial charge in [0.1, 0.15) is 5.82 Å². The molecule has 2 rings (SSSR count). The molecular weight excluding hydrogens is 210 g/mol. The quantitative estimate of drug-likeness (QED) is 0.856. The van der Waals surface area contributed by atoms with Crippen molar-refractivity contribution in [2.75, 3.05) is 6.54 Å². The molecule has 0 aliphatic heterocycles. The molecule has 0 spiro atoms. The Kier molecular flexibility index (Phi) is 3.94. The predicted molar refractivity (Wildman–Crippen MR) is 70.7 cm³/mol. The third-order valence-electron chi connectivity index (χ3n) is 3.07. The molecule has 0 saturated carbocycles. The van der Waals surface area contributed by atoms with Crippen LogP contribution in [0.4, 0.5) is 0 Å². The number of benzene rings is 1. The van der Waals surface area contributed by atoms with Crippen molar-refractivity contribution in [3.63, 3.8) is 0 Å². The summed E-state index contributed by atoms with van der Waals surface area (Å²) in [4.78, 5) is 4.46. The zero-order valence-electron chi connectivity index (χ0n) is 10.2. The van der Waals surface area contributed by atoms with Crippen molar-refractivity contribution in [1.29, 1.82) is 0 Å². The molecule has 1 aromatic heterocycles. The SMILES string of the molecule is CCC(CCN)n1ccnc1-c1ccccc1. The van der Waals surface area contributed by atoms with Crippen LogP contribution in [-0.2, 0) is 0 Å². The minimum atomic E-state index is 0.442. The van der Waals surface area contributed by atoms with Gasteiger partial charge in [0.05, 0.1) is 0 Å². The molecule has 0 saturated heterocycles. The van der Waals surface area contributed by atoms with Crippen LogP contribution in [0.25, 0.3) is 11.4 Å². The number of hydrogen-bond acceptors (Lipinski definition) is 2. The lowest BCUT2D eigenvalue weighted by Gasteiger charge is -2.18. The fraction of sp³-hybridized carbons (Fsp3) is 0.357. The van der Waals surface area contributed by atoms with Crippen LogP contribution in [0.5, 0.6) is 0 Å². The Morgan fingerprint density at radius 2 is 2.06 bits per heavy atom. The molecule has 0 fully saturated rings. The zero-order valence-corrected chi connectivity index (χ0v) is 10.2. The number of nitrogens with zero attached hydrogens (tertiary/aromatic N) is 2. The molecule has 2 N–H and O–H groups in total. The number of rotatable bonds is 5. The van der Waals surface area contributed by atoms with Crippen LogP contribution in [0.2, 0.25) is 0 Å². The Labute approximate surface area is 102 Å². The maximum Gasteiger partial charge on any atom is 0.140 e. The summed E-state index contributed by atoms with van der Waals surface area (Å²) < 4.78 is 2.24. The number of nitrogens with two attached hydrogens (primary N) is 1. The van der Waals surface area contributed by atoms with Crippen LogP contribution < -0.4 is 5.73 Å². The van der Waals surface area contributed by atoms with E-state index < -0.39 is 0 Å². The van der Waals surface area contributed by atoms with Crippen LogP contribution in [0.3, 0.4) is 0 Å². The molecule has 1 aromatic carbocycles. The molecular formula is C14H19N3. The van der Waals surface area contributed by atoms with Gasteiger partial charge in [-0.2, -0.15) is 0 Å². The monoisotopic (exact) mass is 229 g/mol. The highest BCUT2D eigenvalue weighted by Gasteiger charge is 2.12. The molecule has 2 aromatic rings. The summed E-state index contributed by atoms with van der Waals surface area (Å²) in [7, 11) is 0. The summed E-state index contributed by atoms with van der Waals surface area (Å²) in [6.45, 7) is 2.90. The van der Waals surface area contributed by atoms with Crippen molar-refractivity contribution in [2.24, 2.45) is 5.73 Å². The summed E-state index contributed by atoms with van der Waals surface area (Å²) in [6.07, 6.45) is 5.98. The predicted octanol–water partition coefficient (Wildman–Crippen LogP) is 2.85. The average molecular weight is 229 g/mol. The van der Waals surface area contributed by atoms with E-state index >= 15 is 0 Å². The molecule has 17 heavy (non-hydrogen) atoms. The highest BCUT2D eigenvalue weighted by atomic mass is 15.1. The fourth-order valence-corrected chi connectivity index (χ4v) is 2.15. The average Bonchev–Trinajstić information content (AvgIpc) is 2.86. The van der Waals surface area contributed by atoms with Gasteiger partial charge in [-0.1, -0.05) is 37.3 Å². The Morgan fingerprint density at radius 1 is 1.29 bits per heavy atom. The first-order chi connectivity index (χ1) is 8.36. The van der Waals surface area contributed by atoms with E-state index in [1.165, 1.54) is 0 Å². The van der Waals surface area contributed by atoms with E-state index in [0.717, 1.165) is 24.2 Å². The van der Waals surface area contributed by atoms with E-state index in [-0.39, 0.29) is 0 Å². The van der Waals surface area contributed by atoms with Gasteiger partial charge in [0.25, 0.3) is 0 Å². The first-order valence-corrected chi connectivity index (χ1v) is 6.15. The van der Waals surface area contributed by atoms with Gasteiger partial charge in [-0.05, 0) is 19.4 Å². The number of aromatic nitrogens is 2. The molecule has 3 heteroatoms. The lowest BCUT2D eigenvalue weighted by Crippen LogP contribution is -2.13. The van der Waals surface area contributed by atoms with Crippen LogP contribution in [-0.4, -0.2) is 16.1 Å². The van der Waals surface area contributed by atoms with Crippen molar-refractivity contribution in [3.8, 4) is 11.4 Å². The van der Waals surface area contributed by atoms with Gasteiger partial charge < -0.3 is 10.3 Å². The third-order valence-corrected chi connectivity index (χ3v) is 3.07. The van der Waals surface area contributed by atoms with Crippen LogP contribution >= 0.6 is 0 Å². The minimum Gasteiger partial charge on any atom is -0.330 e. The molecule has 0 radical (unpaired) electrons. The van der Waals surface area contributed by atoms with Crippen molar-refractivity contribution in [3.05, 3.63) is 42.7 Å². The smallest absolute Gasteiger partial charge is 0.140 e. The third kappa shape index (κ3) is 2.56. The van der Waals surface area contributed by atoms with Gasteiger partial charge in [0.2, 0.25) is 0 Å². The Morgan fingerprint density at radius 3 is 2.71 bits per heavy atom. The summed E-state index contributed by atoms with van der Waals surface area (Å²) in [5, 5.41) is 0. The summed E-state index contributed by atoms with van der Waals surface area (Å²) in [5.74, 6) is 1.03. The van der Waals surface area contributed by atoms with E-state index in [1.54, 1.807) is 0 Å². The first-order valence-electron chi connectivity index (χ1n) is 6.15. The maximum atomic E-state index is 5.67. The number of imidazole rings is 1. The molecule has 1 unspecified atom stereocenters. The molecule has 3 nitrogen and oxygen atoms in total. The van der Waals surface area contributed by atoms with Crippen molar-refractivity contribution in [2.45, 2.75) is 25.8 Å². The largest absolute Gasteiger partial charge is 0.330 e. The second-order valence-corrected chi connectivity index (χ2v) is 4.16. The summed E-state index contributed by atoms with van der Waals surface area (Å²) >= 11 is 0. The first kappa shape index (κ1) is 11.9. The Bertz CT molecular complexity index is 448. The van der Waals surface area contributed by atoms with Crippen molar-refractivity contribution >= 4 is 0 Å². The van der Waals surface area contributed by atoms with Gasteiger partial charge in [-0.3, -0.25) is 0 Å². The minimum absolute atomic E-state index is 0.442. The normalized spacial score (nSPS) is 12.6. The van der Waals surface area contributed by atoms with Crippen LogP contribution in [0.15, 0.2) is 42.7 Å². The Hall–Kier alpha value is -1.61. The molecule has 1 atom stereocenters. The molecule has 1 heterocycles. The summed E-state index contributed by atoms with van der Waals surface area (Å²) in [5.41, 5.74) is 6.83. The number of hydrogen-bond donors (Lipinski definition) is 1. The van der Waals surface area contributed by atoms with E-state index in [9.17, 15) is 0 Å². The second kappa shape index (κ2) is 5.64. The fourth-order valence-electron chi connectivity index (χ4n) is 2.15. The molecule has 0 amide bonds. The van der Waals surface area contributed by atoms with E-state index in [2.05, 4.69) is 28.6 Å². The van der Waals surface area contributed by atoms with Crippen molar-refractivity contribution < 1.29 is 0 Å². The van der Waals surface area contributed by atoms with Gasteiger partial charge in [0, 0.05) is 24.0 Å².